The van der Waals surface area contributed by atoms with E-state index in [0.29, 0.717) is 18.9 Å². The lowest BCUT2D eigenvalue weighted by Crippen LogP contribution is -2.54. The van der Waals surface area contributed by atoms with Gasteiger partial charge >= 0.3 is 0 Å². The van der Waals surface area contributed by atoms with Crippen LogP contribution < -0.4 is 10.6 Å². The second kappa shape index (κ2) is 7.07. The van der Waals surface area contributed by atoms with E-state index in [-0.39, 0.29) is 11.8 Å². The van der Waals surface area contributed by atoms with E-state index in [2.05, 4.69) is 24.5 Å². The largest absolute Gasteiger partial charge is 0.347 e. The molecule has 1 fully saturated rings. The summed E-state index contributed by atoms with van der Waals surface area (Å²) < 4.78 is 0. The van der Waals surface area contributed by atoms with Crippen molar-refractivity contribution in [3.63, 3.8) is 0 Å². The van der Waals surface area contributed by atoms with Crippen LogP contribution >= 0.6 is 0 Å². The van der Waals surface area contributed by atoms with E-state index >= 15 is 0 Å². The summed E-state index contributed by atoms with van der Waals surface area (Å²) in [5.41, 5.74) is -0.403. The Labute approximate surface area is 122 Å². The zero-order chi connectivity index (χ0) is 15.3. The smallest absolute Gasteiger partial charge is 0.244 e. The lowest BCUT2D eigenvalue weighted by atomic mass is 9.81. The Morgan fingerprint density at radius 3 is 2.45 bits per heavy atom. The first-order chi connectivity index (χ1) is 9.26. The second-order valence-electron chi connectivity index (χ2n) is 6.73. The van der Waals surface area contributed by atoms with Crippen LogP contribution in [-0.4, -0.2) is 49.9 Å². The molecule has 0 aliphatic carbocycles. The van der Waals surface area contributed by atoms with Gasteiger partial charge in [0.25, 0.3) is 0 Å². The summed E-state index contributed by atoms with van der Waals surface area (Å²) in [5, 5.41) is 6.24. The molecule has 1 saturated heterocycles. The fourth-order valence-electron chi connectivity index (χ4n) is 2.59. The number of rotatable bonds is 5. The minimum Gasteiger partial charge on any atom is -0.347 e. The average Bonchev–Trinajstić information content (AvgIpc) is 2.37. The third kappa shape index (κ3) is 4.47. The van der Waals surface area contributed by atoms with Gasteiger partial charge in [0.15, 0.2) is 0 Å². The molecule has 2 unspecified atom stereocenters. The molecule has 1 rings (SSSR count). The van der Waals surface area contributed by atoms with Crippen molar-refractivity contribution in [2.45, 2.75) is 46.1 Å². The molecule has 1 aliphatic heterocycles. The highest BCUT2D eigenvalue weighted by atomic mass is 16.2. The van der Waals surface area contributed by atoms with Crippen molar-refractivity contribution in [2.75, 3.05) is 27.2 Å². The van der Waals surface area contributed by atoms with Crippen molar-refractivity contribution in [3.05, 3.63) is 0 Å². The second-order valence-corrected chi connectivity index (χ2v) is 6.73. The summed E-state index contributed by atoms with van der Waals surface area (Å²) in [5.74, 6) is 0.325. The first-order valence-corrected chi connectivity index (χ1v) is 7.49. The summed E-state index contributed by atoms with van der Waals surface area (Å²) in [4.78, 5) is 26.3. The Kier molecular flexibility index (Phi) is 5.99. The number of nitrogens with one attached hydrogen (secondary N) is 2. The third-order valence-electron chi connectivity index (χ3n) is 3.90. The predicted octanol–water partition coefficient (Wildman–Crippen LogP) is 0.995. The van der Waals surface area contributed by atoms with Gasteiger partial charge in [-0.25, -0.2) is 0 Å². The highest BCUT2D eigenvalue weighted by Gasteiger charge is 2.37. The van der Waals surface area contributed by atoms with Gasteiger partial charge in [0, 0.05) is 20.6 Å². The molecule has 5 heteroatoms. The van der Waals surface area contributed by atoms with Crippen molar-refractivity contribution in [1.82, 2.24) is 15.5 Å². The molecule has 0 bridgehead atoms. The Balaban J connectivity index is 2.73. The molecule has 2 amide bonds. The minimum absolute atomic E-state index is 0.00875. The first-order valence-electron chi connectivity index (χ1n) is 7.49. The van der Waals surface area contributed by atoms with Gasteiger partial charge in [0.2, 0.25) is 11.8 Å². The van der Waals surface area contributed by atoms with Crippen LogP contribution in [-0.2, 0) is 9.59 Å². The number of piperidine rings is 1. The minimum atomic E-state index is -0.420. The number of carbonyl (C=O) groups is 2. The number of amides is 2. The van der Waals surface area contributed by atoms with Crippen molar-refractivity contribution in [1.29, 1.82) is 0 Å². The van der Waals surface area contributed by atoms with Crippen molar-refractivity contribution < 1.29 is 9.59 Å². The van der Waals surface area contributed by atoms with Crippen LogP contribution in [0.5, 0.6) is 0 Å². The van der Waals surface area contributed by atoms with Crippen LogP contribution in [0, 0.1) is 11.3 Å². The maximum absolute atomic E-state index is 12.5. The van der Waals surface area contributed by atoms with Gasteiger partial charge in [0.05, 0.1) is 5.41 Å². The topological polar surface area (TPSA) is 61.4 Å². The maximum atomic E-state index is 12.5. The summed E-state index contributed by atoms with van der Waals surface area (Å²) in [6.45, 7) is 7.75. The van der Waals surface area contributed by atoms with E-state index in [9.17, 15) is 9.59 Å². The molecule has 0 saturated carbocycles. The van der Waals surface area contributed by atoms with Crippen molar-refractivity contribution >= 4 is 11.8 Å². The summed E-state index contributed by atoms with van der Waals surface area (Å²) in [6, 6.07) is -0.420. The fourth-order valence-corrected chi connectivity index (χ4v) is 2.59. The lowest BCUT2D eigenvalue weighted by molar-refractivity contribution is -0.138. The summed E-state index contributed by atoms with van der Waals surface area (Å²) in [7, 11) is 3.46. The quantitative estimate of drug-likeness (QED) is 0.791. The SMILES string of the molecule is CC(C)CC(NC(=O)C1(C)CCCNC1)C(=O)N(C)C. The Morgan fingerprint density at radius 1 is 1.35 bits per heavy atom. The van der Waals surface area contributed by atoms with Crippen LogP contribution in [0.4, 0.5) is 0 Å². The summed E-state index contributed by atoms with van der Waals surface area (Å²) in [6.07, 6.45) is 2.54. The number of carbonyl (C=O) groups excluding carboxylic acids is 2. The molecule has 0 aromatic heterocycles. The Morgan fingerprint density at radius 2 is 2.00 bits per heavy atom. The van der Waals surface area contributed by atoms with Gasteiger partial charge in [-0.3, -0.25) is 9.59 Å². The Hall–Kier alpha value is -1.10. The molecule has 1 heterocycles. The Bertz CT molecular complexity index is 347. The van der Waals surface area contributed by atoms with Crippen LogP contribution in [0.25, 0.3) is 0 Å². The molecule has 2 atom stereocenters. The van der Waals surface area contributed by atoms with Crippen molar-refractivity contribution in [3.8, 4) is 0 Å². The van der Waals surface area contributed by atoms with E-state index in [1.54, 1.807) is 19.0 Å². The van der Waals surface area contributed by atoms with Crippen LogP contribution in [0.3, 0.4) is 0 Å². The van der Waals surface area contributed by atoms with Gasteiger partial charge in [-0.1, -0.05) is 13.8 Å². The van der Waals surface area contributed by atoms with Gasteiger partial charge in [-0.15, -0.1) is 0 Å². The molecule has 5 nitrogen and oxygen atoms in total. The van der Waals surface area contributed by atoms with Crippen molar-refractivity contribution in [2.24, 2.45) is 11.3 Å². The lowest BCUT2D eigenvalue weighted by Gasteiger charge is -2.34. The van der Waals surface area contributed by atoms with Gasteiger partial charge in [-0.2, -0.15) is 0 Å². The average molecular weight is 283 g/mol. The van der Waals surface area contributed by atoms with Crippen LogP contribution in [0.15, 0.2) is 0 Å². The standard InChI is InChI=1S/C15H29N3O2/c1-11(2)9-12(13(19)18(4)5)17-14(20)15(3)7-6-8-16-10-15/h11-12,16H,6-10H2,1-5H3,(H,17,20). The molecule has 20 heavy (non-hydrogen) atoms. The van der Waals surface area contributed by atoms with E-state index in [1.165, 1.54) is 0 Å². The number of nitrogens with zero attached hydrogens (tertiary/aromatic N) is 1. The molecule has 0 aromatic carbocycles. The zero-order valence-electron chi connectivity index (χ0n) is 13.5. The van der Waals surface area contributed by atoms with Crippen LogP contribution in [0.2, 0.25) is 0 Å². The molecule has 0 aromatic rings. The maximum Gasteiger partial charge on any atom is 0.244 e. The predicted molar refractivity (Wildman–Crippen MR) is 80.3 cm³/mol. The normalized spacial score (nSPS) is 24.3. The van der Waals surface area contributed by atoms with E-state index in [0.717, 1.165) is 19.4 Å². The number of hydrogen-bond acceptors (Lipinski definition) is 3. The first kappa shape index (κ1) is 17.0. The van der Waals surface area contributed by atoms with E-state index < -0.39 is 11.5 Å². The van der Waals surface area contributed by atoms with Gasteiger partial charge in [-0.05, 0) is 38.6 Å². The van der Waals surface area contributed by atoms with E-state index in [1.807, 2.05) is 6.92 Å². The molecule has 2 N–H and O–H groups in total. The van der Waals surface area contributed by atoms with Gasteiger partial charge in [0.1, 0.15) is 6.04 Å². The zero-order valence-corrected chi connectivity index (χ0v) is 13.5. The molecule has 1 aliphatic rings. The monoisotopic (exact) mass is 283 g/mol. The fraction of sp³-hybridized carbons (Fsp3) is 0.867. The number of likely N-dealkylation sites (N-methyl/N-ethyl adjacent to an activating group) is 1. The van der Waals surface area contributed by atoms with Gasteiger partial charge < -0.3 is 15.5 Å². The molecular weight excluding hydrogens is 254 g/mol. The third-order valence-corrected chi connectivity index (χ3v) is 3.90. The molecule has 116 valence electrons. The molecular formula is C15H29N3O2. The highest BCUT2D eigenvalue weighted by molar-refractivity contribution is 5.90. The highest BCUT2D eigenvalue weighted by Crippen LogP contribution is 2.26. The van der Waals surface area contributed by atoms with Crippen LogP contribution in [0.1, 0.15) is 40.0 Å². The summed E-state index contributed by atoms with van der Waals surface area (Å²) >= 11 is 0. The molecule has 0 spiro atoms. The number of hydrogen-bond donors (Lipinski definition) is 2. The van der Waals surface area contributed by atoms with E-state index in [4.69, 9.17) is 0 Å². The molecule has 0 radical (unpaired) electrons.